The van der Waals surface area contributed by atoms with Gasteiger partial charge in [-0.2, -0.15) is 0 Å². The first-order valence-corrected chi connectivity index (χ1v) is 36.6. The summed E-state index contributed by atoms with van der Waals surface area (Å²) in [5.41, 5.74) is 0. The van der Waals surface area contributed by atoms with E-state index in [1.807, 2.05) is 83.1 Å². The summed E-state index contributed by atoms with van der Waals surface area (Å²) < 4.78 is 65.6. The van der Waals surface area contributed by atoms with Crippen molar-refractivity contribution in [1.82, 2.24) is 0 Å². The minimum atomic E-state index is -2.38. The molecule has 0 aromatic carbocycles. The molecule has 0 aliphatic heterocycles. The predicted molar refractivity (Wildman–Crippen MR) is 358 cm³/mol. The third-order valence-electron chi connectivity index (χ3n) is 14.7. The first-order chi connectivity index (χ1) is 46.0. The van der Waals surface area contributed by atoms with Crippen LogP contribution in [0.3, 0.4) is 0 Å². The van der Waals surface area contributed by atoms with E-state index in [0.29, 0.717) is 103 Å². The largest absolute Gasteiger partial charge is 4.00 e. The van der Waals surface area contributed by atoms with Crippen LogP contribution in [-0.2, 0) is 121 Å². The van der Waals surface area contributed by atoms with Crippen LogP contribution in [0.25, 0.3) is 0 Å². The zero-order valence-electron chi connectivity index (χ0n) is 62.9. The van der Waals surface area contributed by atoms with E-state index < -0.39 is 94.6 Å². The predicted octanol–water partition coefficient (Wildman–Crippen LogP) is 8.92. The fourth-order valence-corrected chi connectivity index (χ4v) is 8.33. The molecule has 0 rings (SSSR count). The summed E-state index contributed by atoms with van der Waals surface area (Å²) in [5, 5.41) is 47.1. The minimum absolute atomic E-state index is 0. The van der Waals surface area contributed by atoms with Gasteiger partial charge >= 0.3 is 26.2 Å². The van der Waals surface area contributed by atoms with E-state index >= 15 is 0 Å². The average Bonchev–Trinajstić information content (AvgIpc) is 0.839. The summed E-state index contributed by atoms with van der Waals surface area (Å²) >= 11 is 0. The second-order valence-corrected chi connectivity index (χ2v) is 23.2. The molecule has 0 saturated heterocycles. The molecule has 0 amide bonds. The third kappa shape index (κ3) is 41.0. The molecule has 0 bridgehead atoms. The number of carboxylic acids is 4. The van der Waals surface area contributed by atoms with Gasteiger partial charge in [0.25, 0.3) is 23.1 Å². The Morgan fingerprint density at radius 2 is 0.340 bits per heavy atom. The quantitative estimate of drug-likeness (QED) is 0.0311. The van der Waals surface area contributed by atoms with Crippen LogP contribution in [-0.4, -0.2) is 174 Å². The van der Waals surface area contributed by atoms with Crippen LogP contribution in [0.1, 0.15) is 291 Å². The standard InChI is InChI=1S/4C18H34O6.Zr/c4*1-5-9-12-22-15(8-4)16(19)18(17(20)21,23-13-10-6-2)24-14-11-7-3;/h4*15H,5-14H2,1-4H3,(H,20,21);/q;;;;+4/p-4. The molecular formula is C72H132O24Zr. The number of aliphatic carboxylic acids is 4. The molecule has 568 valence electrons. The van der Waals surface area contributed by atoms with E-state index in [1.165, 1.54) is 0 Å². The fourth-order valence-electron chi connectivity index (χ4n) is 8.33. The van der Waals surface area contributed by atoms with Crippen molar-refractivity contribution in [3.05, 3.63) is 0 Å². The van der Waals surface area contributed by atoms with Crippen LogP contribution in [0.15, 0.2) is 0 Å². The molecule has 97 heavy (non-hydrogen) atoms. The van der Waals surface area contributed by atoms with Crippen LogP contribution in [0, 0.1) is 0 Å². The van der Waals surface area contributed by atoms with Crippen molar-refractivity contribution in [2.75, 3.05) is 79.3 Å². The molecular weight excluding hydrogens is 1340 g/mol. The van der Waals surface area contributed by atoms with Crippen molar-refractivity contribution in [3.8, 4) is 0 Å². The molecule has 0 spiro atoms. The third-order valence-corrected chi connectivity index (χ3v) is 14.7. The molecule has 0 aromatic rings. The van der Waals surface area contributed by atoms with Gasteiger partial charge in [-0.3, -0.25) is 19.2 Å². The summed E-state index contributed by atoms with van der Waals surface area (Å²) in [5.74, 6) is -19.0. The van der Waals surface area contributed by atoms with E-state index in [9.17, 15) is 58.8 Å². The summed E-state index contributed by atoms with van der Waals surface area (Å²) in [6.45, 7) is 33.3. The molecule has 0 radical (unpaired) electrons. The molecule has 0 heterocycles. The van der Waals surface area contributed by atoms with Gasteiger partial charge in [-0.25, -0.2) is 0 Å². The minimum Gasteiger partial charge on any atom is -0.544 e. The van der Waals surface area contributed by atoms with E-state index in [0.717, 1.165) is 103 Å². The number of Topliss-reactive ketones (excluding diaryl/α,β-unsaturated/α-hetero) is 4. The van der Waals surface area contributed by atoms with E-state index in [2.05, 4.69) is 0 Å². The maximum atomic E-state index is 12.8. The van der Waals surface area contributed by atoms with Crippen molar-refractivity contribution in [3.63, 3.8) is 0 Å². The Hall–Kier alpha value is -3.04. The number of ether oxygens (including phenoxy) is 12. The zero-order valence-corrected chi connectivity index (χ0v) is 65.3. The second-order valence-electron chi connectivity index (χ2n) is 23.2. The maximum Gasteiger partial charge on any atom is 4.00 e. The molecule has 0 saturated carbocycles. The summed E-state index contributed by atoms with van der Waals surface area (Å²) in [6, 6.07) is 0. The Bertz CT molecular complexity index is 1660. The molecule has 0 fully saturated rings. The topological polar surface area (TPSA) is 340 Å². The van der Waals surface area contributed by atoms with Crippen molar-refractivity contribution in [2.45, 2.75) is 338 Å². The zero-order chi connectivity index (χ0) is 73.7. The summed E-state index contributed by atoms with van der Waals surface area (Å²) in [7, 11) is 0. The van der Waals surface area contributed by atoms with E-state index in [4.69, 9.17) is 56.8 Å². The van der Waals surface area contributed by atoms with Gasteiger partial charge < -0.3 is 96.4 Å². The van der Waals surface area contributed by atoms with Gasteiger partial charge in [0.2, 0.25) is 23.1 Å². The van der Waals surface area contributed by atoms with Gasteiger partial charge in [0.05, 0.1) is 52.9 Å². The molecule has 24 nitrogen and oxygen atoms in total. The molecule has 0 aliphatic carbocycles. The van der Waals surface area contributed by atoms with Gasteiger partial charge in [0.15, 0.2) is 0 Å². The van der Waals surface area contributed by atoms with Gasteiger partial charge in [-0.15, -0.1) is 0 Å². The average molecular weight is 1470 g/mol. The molecule has 4 atom stereocenters. The van der Waals surface area contributed by atoms with Crippen LogP contribution in [0.2, 0.25) is 0 Å². The molecule has 0 aliphatic rings. The number of carbonyl (C=O) groups excluding carboxylic acids is 8. The second kappa shape index (κ2) is 66.2. The smallest absolute Gasteiger partial charge is 0.544 e. The number of carboxylic acid groups (broad SMARTS) is 4. The maximum absolute atomic E-state index is 12.8. The van der Waals surface area contributed by atoms with Crippen LogP contribution in [0.5, 0.6) is 0 Å². The molecule has 4 unspecified atom stereocenters. The number of carbonyl (C=O) groups is 8. The van der Waals surface area contributed by atoms with E-state index in [1.54, 1.807) is 27.7 Å². The normalized spacial score (nSPS) is 12.9. The Kier molecular flexibility index (Phi) is 70.0. The van der Waals surface area contributed by atoms with Crippen molar-refractivity contribution in [1.29, 1.82) is 0 Å². The van der Waals surface area contributed by atoms with Crippen molar-refractivity contribution in [2.24, 2.45) is 0 Å². The number of ketones is 4. The number of unbranched alkanes of at least 4 members (excludes halogenated alkanes) is 12. The number of hydrogen-bond donors (Lipinski definition) is 0. The van der Waals surface area contributed by atoms with Crippen molar-refractivity contribution >= 4 is 47.0 Å². The summed E-state index contributed by atoms with van der Waals surface area (Å²) in [4.78, 5) is 98.4. The van der Waals surface area contributed by atoms with E-state index in [-0.39, 0.29) is 79.1 Å². The summed E-state index contributed by atoms with van der Waals surface area (Å²) in [6.07, 6.45) is 16.4. The molecule has 25 heteroatoms. The van der Waals surface area contributed by atoms with Gasteiger partial charge in [-0.1, -0.05) is 188 Å². The number of rotatable bonds is 64. The monoisotopic (exact) mass is 1470 g/mol. The Morgan fingerprint density at radius 3 is 0.433 bits per heavy atom. The number of hydrogen-bond acceptors (Lipinski definition) is 24. The van der Waals surface area contributed by atoms with Crippen LogP contribution >= 0.6 is 0 Å². The van der Waals surface area contributed by atoms with Gasteiger partial charge in [-0.05, 0) is 103 Å². The van der Waals surface area contributed by atoms with Gasteiger partial charge in [0.1, 0.15) is 48.3 Å². The fraction of sp³-hybridized carbons (Fsp3) is 0.889. The molecule has 0 N–H and O–H groups in total. The first kappa shape index (κ1) is 103. The van der Waals surface area contributed by atoms with Crippen molar-refractivity contribution < 1.29 is 142 Å². The molecule has 0 aromatic heterocycles. The Labute approximate surface area is 603 Å². The Morgan fingerprint density at radius 1 is 0.227 bits per heavy atom. The van der Waals surface area contributed by atoms with Gasteiger partial charge in [0, 0.05) is 26.4 Å². The van der Waals surface area contributed by atoms with Crippen LogP contribution < -0.4 is 20.4 Å². The Balaban J connectivity index is -0.000000386. The van der Waals surface area contributed by atoms with Crippen LogP contribution in [0.4, 0.5) is 0 Å². The SMILES string of the molecule is CCCCOC(CC)C(=O)C(OCCCC)(OCCCC)C(=O)[O-].CCCCOC(CC)C(=O)C(OCCCC)(OCCCC)C(=O)[O-].CCCCOC(CC)C(=O)C(OCCCC)(OCCCC)C(=O)[O-].CCCCOC(CC)C(=O)C(OCCCC)(OCCCC)C(=O)[O-].[Zr+4]. The first-order valence-electron chi connectivity index (χ1n) is 36.6.